The van der Waals surface area contributed by atoms with Crippen LogP contribution >= 0.6 is 0 Å². The lowest BCUT2D eigenvalue weighted by Gasteiger charge is -2.36. The van der Waals surface area contributed by atoms with E-state index in [0.717, 1.165) is 32.7 Å². The van der Waals surface area contributed by atoms with Gasteiger partial charge in [-0.1, -0.05) is 18.1 Å². The molecule has 0 atom stereocenters. The summed E-state index contributed by atoms with van der Waals surface area (Å²) in [6, 6.07) is 6.54. The van der Waals surface area contributed by atoms with E-state index in [2.05, 4.69) is 47.8 Å². The summed E-state index contributed by atoms with van der Waals surface area (Å²) in [5, 5.41) is 0. The van der Waals surface area contributed by atoms with Crippen molar-refractivity contribution in [1.82, 2.24) is 4.90 Å². The first-order valence-corrected chi connectivity index (χ1v) is 6.19. The molecule has 0 N–H and O–H groups in total. The van der Waals surface area contributed by atoms with Crippen LogP contribution in [0.25, 0.3) is 0 Å². The van der Waals surface area contributed by atoms with Crippen molar-refractivity contribution in [3.05, 3.63) is 29.3 Å². The monoisotopic (exact) mass is 228 g/mol. The van der Waals surface area contributed by atoms with E-state index in [9.17, 15) is 0 Å². The maximum absolute atomic E-state index is 5.34. The largest absolute Gasteiger partial charge is 0.369 e. The van der Waals surface area contributed by atoms with E-state index in [1.165, 1.54) is 16.8 Å². The summed E-state index contributed by atoms with van der Waals surface area (Å²) < 4.78 is 0. The van der Waals surface area contributed by atoms with Crippen molar-refractivity contribution in [1.29, 1.82) is 0 Å². The van der Waals surface area contributed by atoms with Gasteiger partial charge >= 0.3 is 0 Å². The molecular formula is C15H20N2. The second kappa shape index (κ2) is 5.25. The Balaban J connectivity index is 2.06. The van der Waals surface area contributed by atoms with Crippen LogP contribution in [-0.2, 0) is 0 Å². The van der Waals surface area contributed by atoms with Crippen molar-refractivity contribution in [2.45, 2.75) is 13.8 Å². The fraction of sp³-hybridized carbons (Fsp3) is 0.467. The number of piperazine rings is 1. The van der Waals surface area contributed by atoms with Crippen LogP contribution < -0.4 is 4.90 Å². The van der Waals surface area contributed by atoms with Crippen molar-refractivity contribution in [3.63, 3.8) is 0 Å². The van der Waals surface area contributed by atoms with Gasteiger partial charge in [-0.2, -0.15) is 0 Å². The number of rotatable bonds is 2. The number of benzene rings is 1. The van der Waals surface area contributed by atoms with Gasteiger partial charge in [0.25, 0.3) is 0 Å². The van der Waals surface area contributed by atoms with Gasteiger partial charge in [-0.15, -0.1) is 6.42 Å². The summed E-state index contributed by atoms with van der Waals surface area (Å²) in [5.74, 6) is 2.72. The van der Waals surface area contributed by atoms with Crippen molar-refractivity contribution in [3.8, 4) is 12.3 Å². The molecule has 2 nitrogen and oxygen atoms in total. The smallest absolute Gasteiger partial charge is 0.0600 e. The summed E-state index contributed by atoms with van der Waals surface area (Å²) in [6.45, 7) is 9.44. The second-order valence-electron chi connectivity index (χ2n) is 4.69. The molecule has 1 fully saturated rings. The molecule has 17 heavy (non-hydrogen) atoms. The number of hydrogen-bond acceptors (Lipinski definition) is 2. The average Bonchev–Trinajstić information content (AvgIpc) is 2.34. The number of hydrogen-bond donors (Lipinski definition) is 0. The topological polar surface area (TPSA) is 6.48 Å². The molecule has 1 aliphatic rings. The minimum absolute atomic E-state index is 0.778. The first kappa shape index (κ1) is 12.0. The minimum atomic E-state index is 0.778. The zero-order valence-corrected chi connectivity index (χ0v) is 10.7. The molecule has 1 aromatic rings. The third kappa shape index (κ3) is 2.62. The summed E-state index contributed by atoms with van der Waals surface area (Å²) >= 11 is 0. The first-order valence-electron chi connectivity index (χ1n) is 6.19. The zero-order chi connectivity index (χ0) is 12.3. The van der Waals surface area contributed by atoms with Crippen molar-refractivity contribution < 1.29 is 0 Å². The second-order valence-corrected chi connectivity index (χ2v) is 4.69. The van der Waals surface area contributed by atoms with E-state index in [1.807, 2.05) is 0 Å². The number of terminal acetylenes is 1. The average molecular weight is 228 g/mol. The van der Waals surface area contributed by atoms with Crippen LogP contribution in [0.3, 0.4) is 0 Å². The van der Waals surface area contributed by atoms with Crippen LogP contribution in [0.15, 0.2) is 18.2 Å². The highest BCUT2D eigenvalue weighted by Crippen LogP contribution is 2.23. The number of nitrogens with zero attached hydrogens (tertiary/aromatic N) is 2. The molecule has 0 amide bonds. The van der Waals surface area contributed by atoms with Crippen LogP contribution in [0.5, 0.6) is 0 Å². The van der Waals surface area contributed by atoms with Gasteiger partial charge in [0.15, 0.2) is 0 Å². The summed E-state index contributed by atoms with van der Waals surface area (Å²) in [6.07, 6.45) is 5.34. The molecule has 0 unspecified atom stereocenters. The van der Waals surface area contributed by atoms with E-state index in [-0.39, 0.29) is 0 Å². The lowest BCUT2D eigenvalue weighted by Crippen LogP contribution is -2.46. The summed E-state index contributed by atoms with van der Waals surface area (Å²) in [7, 11) is 0. The molecule has 0 bridgehead atoms. The number of anilines is 1. The van der Waals surface area contributed by atoms with Crippen LogP contribution in [0.1, 0.15) is 11.1 Å². The molecule has 1 saturated heterocycles. The molecule has 1 aliphatic heterocycles. The van der Waals surface area contributed by atoms with Gasteiger partial charge in [-0.25, -0.2) is 0 Å². The molecule has 0 aliphatic carbocycles. The van der Waals surface area contributed by atoms with E-state index in [4.69, 9.17) is 6.42 Å². The predicted octanol–water partition coefficient (Wildman–Crippen LogP) is 2.06. The van der Waals surface area contributed by atoms with Crippen molar-refractivity contribution in [2.75, 3.05) is 37.6 Å². The standard InChI is InChI=1S/C15H20N2/c1-4-8-16-9-11-17(12-10-16)15-7-5-6-13(2)14(15)3/h1,5-7H,8-12H2,2-3H3. The molecule has 0 aromatic heterocycles. The summed E-state index contributed by atoms with van der Waals surface area (Å²) in [5.41, 5.74) is 4.15. The Bertz CT molecular complexity index is 423. The molecular weight excluding hydrogens is 208 g/mol. The fourth-order valence-corrected chi connectivity index (χ4v) is 2.35. The van der Waals surface area contributed by atoms with Crippen LogP contribution in [0.2, 0.25) is 0 Å². The van der Waals surface area contributed by atoms with Crippen LogP contribution in [0, 0.1) is 26.2 Å². The maximum Gasteiger partial charge on any atom is 0.0600 e. The van der Waals surface area contributed by atoms with E-state index in [0.29, 0.717) is 0 Å². The highest BCUT2D eigenvalue weighted by atomic mass is 15.3. The molecule has 2 heteroatoms. The molecule has 0 spiro atoms. The quantitative estimate of drug-likeness (QED) is 0.715. The first-order chi connectivity index (χ1) is 8.22. The van der Waals surface area contributed by atoms with E-state index >= 15 is 0 Å². The van der Waals surface area contributed by atoms with Gasteiger partial charge in [0.2, 0.25) is 0 Å². The van der Waals surface area contributed by atoms with E-state index in [1.54, 1.807) is 0 Å². The van der Waals surface area contributed by atoms with Crippen LogP contribution in [-0.4, -0.2) is 37.6 Å². The van der Waals surface area contributed by atoms with Crippen molar-refractivity contribution in [2.24, 2.45) is 0 Å². The highest BCUT2D eigenvalue weighted by molar-refractivity contribution is 5.56. The predicted molar refractivity (Wildman–Crippen MR) is 73.4 cm³/mol. The third-order valence-electron chi connectivity index (χ3n) is 3.60. The normalized spacial score (nSPS) is 16.9. The highest BCUT2D eigenvalue weighted by Gasteiger charge is 2.17. The SMILES string of the molecule is C#CCN1CCN(c2cccc(C)c2C)CC1. The Kier molecular flexibility index (Phi) is 3.71. The van der Waals surface area contributed by atoms with Gasteiger partial charge in [0.05, 0.1) is 6.54 Å². The lowest BCUT2D eigenvalue weighted by molar-refractivity contribution is 0.288. The van der Waals surface area contributed by atoms with Gasteiger partial charge < -0.3 is 4.90 Å². The Hall–Kier alpha value is -1.46. The van der Waals surface area contributed by atoms with Gasteiger partial charge in [0, 0.05) is 31.9 Å². The van der Waals surface area contributed by atoms with Gasteiger partial charge in [-0.3, -0.25) is 4.90 Å². The lowest BCUT2D eigenvalue weighted by atomic mass is 10.1. The Morgan fingerprint density at radius 3 is 2.53 bits per heavy atom. The third-order valence-corrected chi connectivity index (χ3v) is 3.60. The zero-order valence-electron chi connectivity index (χ0n) is 10.7. The molecule has 0 radical (unpaired) electrons. The Morgan fingerprint density at radius 2 is 1.88 bits per heavy atom. The van der Waals surface area contributed by atoms with Gasteiger partial charge in [0.1, 0.15) is 0 Å². The number of aryl methyl sites for hydroxylation is 1. The minimum Gasteiger partial charge on any atom is -0.369 e. The van der Waals surface area contributed by atoms with E-state index < -0.39 is 0 Å². The maximum atomic E-state index is 5.34. The Morgan fingerprint density at radius 1 is 1.18 bits per heavy atom. The van der Waals surface area contributed by atoms with Crippen molar-refractivity contribution >= 4 is 5.69 Å². The Labute approximate surface area is 104 Å². The molecule has 1 aromatic carbocycles. The molecule has 90 valence electrons. The molecule has 1 heterocycles. The van der Waals surface area contributed by atoms with Gasteiger partial charge in [-0.05, 0) is 31.0 Å². The van der Waals surface area contributed by atoms with Crippen LogP contribution in [0.4, 0.5) is 5.69 Å². The molecule has 2 rings (SSSR count). The molecule has 0 saturated carbocycles. The summed E-state index contributed by atoms with van der Waals surface area (Å²) in [4.78, 5) is 4.80. The fourth-order valence-electron chi connectivity index (χ4n) is 2.35.